The van der Waals surface area contributed by atoms with Crippen molar-refractivity contribution in [1.29, 1.82) is 0 Å². The Morgan fingerprint density at radius 2 is 2.21 bits per heavy atom. The van der Waals surface area contributed by atoms with E-state index in [4.69, 9.17) is 11.6 Å². The number of thiazole rings is 1. The van der Waals surface area contributed by atoms with Crippen molar-refractivity contribution in [1.82, 2.24) is 19.6 Å². The van der Waals surface area contributed by atoms with Crippen molar-refractivity contribution in [2.45, 2.75) is 11.9 Å². The molecule has 0 atom stereocenters. The van der Waals surface area contributed by atoms with Gasteiger partial charge in [-0.1, -0.05) is 22.9 Å². The third kappa shape index (κ3) is 2.20. The van der Waals surface area contributed by atoms with Gasteiger partial charge in [-0.2, -0.15) is 8.42 Å². The number of hydrogen-bond acceptors (Lipinski definition) is 7. The Labute approximate surface area is 120 Å². The van der Waals surface area contributed by atoms with Crippen LogP contribution in [-0.4, -0.2) is 28.0 Å². The highest BCUT2D eigenvalue weighted by atomic mass is 35.5. The van der Waals surface area contributed by atoms with Crippen LogP contribution in [0.2, 0.25) is 5.15 Å². The second-order valence-electron chi connectivity index (χ2n) is 3.50. The predicted molar refractivity (Wildman–Crippen MR) is 73.5 cm³/mol. The van der Waals surface area contributed by atoms with Crippen molar-refractivity contribution in [2.24, 2.45) is 0 Å². The molecule has 11 heteroatoms. The van der Waals surface area contributed by atoms with Gasteiger partial charge in [0.25, 0.3) is 10.0 Å². The zero-order valence-electron chi connectivity index (χ0n) is 9.36. The average Bonchev–Trinajstić information content (AvgIpc) is 2.93. The number of sulfonamides is 1. The maximum absolute atomic E-state index is 12.3. The largest absolute Gasteiger partial charge is 0.282 e. The van der Waals surface area contributed by atoms with Gasteiger partial charge in [-0.25, -0.2) is 4.98 Å². The van der Waals surface area contributed by atoms with Crippen molar-refractivity contribution in [3.05, 3.63) is 21.7 Å². The number of aromatic nitrogens is 4. The summed E-state index contributed by atoms with van der Waals surface area (Å²) in [6.07, 6.45) is 1.60. The van der Waals surface area contributed by atoms with E-state index < -0.39 is 10.0 Å². The normalized spacial score (nSPS) is 12.1. The third-order valence-corrected chi connectivity index (χ3v) is 5.56. The van der Waals surface area contributed by atoms with Gasteiger partial charge in [0.2, 0.25) is 5.13 Å². The Balaban J connectivity index is 2.09. The van der Waals surface area contributed by atoms with Crippen molar-refractivity contribution in [3.8, 4) is 0 Å². The molecule has 3 rings (SSSR count). The molecule has 0 fully saturated rings. The highest BCUT2D eigenvalue weighted by Crippen LogP contribution is 2.27. The second kappa shape index (κ2) is 4.40. The maximum atomic E-state index is 12.3. The molecule has 7 nitrogen and oxygen atoms in total. The minimum Gasteiger partial charge on any atom is -0.278 e. The van der Waals surface area contributed by atoms with E-state index in [1.54, 1.807) is 18.5 Å². The van der Waals surface area contributed by atoms with Crippen molar-refractivity contribution in [3.63, 3.8) is 0 Å². The van der Waals surface area contributed by atoms with Crippen LogP contribution in [0.5, 0.6) is 0 Å². The first-order valence-corrected chi connectivity index (χ1v) is 8.47. The number of nitrogens with zero attached hydrogens (tertiary/aromatic N) is 4. The number of imidazole rings is 1. The minimum atomic E-state index is -3.85. The Bertz CT molecular complexity index is 849. The number of fused-ring (bicyclic) bond motifs is 1. The van der Waals surface area contributed by atoms with Crippen LogP contribution >= 0.6 is 34.3 Å². The molecule has 0 radical (unpaired) electrons. The van der Waals surface area contributed by atoms with Crippen molar-refractivity contribution in [2.75, 3.05) is 4.72 Å². The molecule has 3 aromatic heterocycles. The average molecular weight is 336 g/mol. The Kier molecular flexibility index (Phi) is 2.96. The van der Waals surface area contributed by atoms with Gasteiger partial charge in [-0.15, -0.1) is 21.5 Å². The quantitative estimate of drug-likeness (QED) is 0.790. The molecule has 0 amide bonds. The monoisotopic (exact) mass is 335 g/mol. The lowest BCUT2D eigenvalue weighted by atomic mass is 10.9. The van der Waals surface area contributed by atoms with Crippen LogP contribution in [0.1, 0.15) is 5.01 Å². The van der Waals surface area contributed by atoms with E-state index >= 15 is 0 Å². The summed E-state index contributed by atoms with van der Waals surface area (Å²) in [7, 11) is -3.85. The molecule has 0 saturated carbocycles. The summed E-state index contributed by atoms with van der Waals surface area (Å²) >= 11 is 8.33. The number of rotatable bonds is 3. The Morgan fingerprint density at radius 3 is 2.89 bits per heavy atom. The van der Waals surface area contributed by atoms with E-state index in [2.05, 4.69) is 19.9 Å². The standard InChI is InChI=1S/C8H6ClN5O2S3/c1-4-11-12-7(18-4)13-19(15,16)6-5(9)10-8-14(6)2-3-17-8/h2-3H,1H3,(H,12,13). The fraction of sp³-hybridized carbons (Fsp3) is 0.125. The predicted octanol–water partition coefficient (Wildman–Crippen LogP) is 2.01. The summed E-state index contributed by atoms with van der Waals surface area (Å²) in [5.41, 5.74) is 0. The van der Waals surface area contributed by atoms with Gasteiger partial charge >= 0.3 is 0 Å². The van der Waals surface area contributed by atoms with E-state index in [1.165, 1.54) is 15.7 Å². The van der Waals surface area contributed by atoms with Gasteiger partial charge in [0.1, 0.15) is 5.01 Å². The van der Waals surface area contributed by atoms with Crippen LogP contribution in [-0.2, 0) is 10.0 Å². The molecule has 3 heterocycles. The molecule has 19 heavy (non-hydrogen) atoms. The zero-order valence-corrected chi connectivity index (χ0v) is 12.6. The minimum absolute atomic E-state index is 0.0689. The molecule has 100 valence electrons. The topological polar surface area (TPSA) is 89.2 Å². The molecular weight excluding hydrogens is 330 g/mol. The fourth-order valence-corrected chi connectivity index (χ4v) is 4.76. The first kappa shape index (κ1) is 12.8. The van der Waals surface area contributed by atoms with Gasteiger partial charge in [0.15, 0.2) is 15.1 Å². The molecule has 0 aliphatic rings. The SMILES string of the molecule is Cc1nnc(NS(=O)(=O)c2c(Cl)nc3sccn23)s1. The fourth-order valence-electron chi connectivity index (χ4n) is 1.48. The first-order valence-electron chi connectivity index (χ1n) is 4.91. The molecule has 0 saturated heterocycles. The summed E-state index contributed by atoms with van der Waals surface area (Å²) in [5, 5.41) is 9.88. The number of hydrogen-bond donors (Lipinski definition) is 1. The molecule has 0 unspecified atom stereocenters. The van der Waals surface area contributed by atoms with E-state index in [0.29, 0.717) is 9.97 Å². The molecule has 0 aromatic carbocycles. The van der Waals surface area contributed by atoms with E-state index in [0.717, 1.165) is 11.3 Å². The third-order valence-electron chi connectivity index (χ3n) is 2.18. The van der Waals surface area contributed by atoms with Crippen LogP contribution < -0.4 is 4.72 Å². The van der Waals surface area contributed by atoms with E-state index in [-0.39, 0.29) is 15.3 Å². The molecule has 1 N–H and O–H groups in total. The summed E-state index contributed by atoms with van der Waals surface area (Å²) in [6, 6.07) is 0. The van der Waals surface area contributed by atoms with Crippen LogP contribution in [0, 0.1) is 6.92 Å². The van der Waals surface area contributed by atoms with Gasteiger partial charge < -0.3 is 0 Å². The smallest absolute Gasteiger partial charge is 0.278 e. The Morgan fingerprint density at radius 1 is 1.42 bits per heavy atom. The van der Waals surface area contributed by atoms with Crippen LogP contribution in [0.4, 0.5) is 5.13 Å². The Hall–Kier alpha value is -1.23. The van der Waals surface area contributed by atoms with Crippen LogP contribution in [0.3, 0.4) is 0 Å². The van der Waals surface area contributed by atoms with Crippen LogP contribution in [0.15, 0.2) is 16.6 Å². The number of aryl methyl sites for hydroxylation is 1. The number of halogens is 1. The van der Waals surface area contributed by atoms with Crippen LogP contribution in [0.25, 0.3) is 4.96 Å². The highest BCUT2D eigenvalue weighted by molar-refractivity contribution is 7.93. The summed E-state index contributed by atoms with van der Waals surface area (Å²) in [6.45, 7) is 1.73. The second-order valence-corrected chi connectivity index (χ2v) is 7.51. The molecule has 0 spiro atoms. The maximum Gasteiger partial charge on any atom is 0.282 e. The summed E-state index contributed by atoms with van der Waals surface area (Å²) < 4.78 is 28.3. The number of nitrogens with one attached hydrogen (secondary N) is 1. The van der Waals surface area contributed by atoms with Gasteiger partial charge in [0, 0.05) is 11.6 Å². The lowest BCUT2D eigenvalue weighted by Crippen LogP contribution is -2.15. The summed E-state index contributed by atoms with van der Waals surface area (Å²) in [4.78, 5) is 4.49. The molecule has 0 aliphatic carbocycles. The van der Waals surface area contributed by atoms with Crippen molar-refractivity contribution < 1.29 is 8.42 Å². The van der Waals surface area contributed by atoms with E-state index in [1.807, 2.05) is 0 Å². The van der Waals surface area contributed by atoms with Gasteiger partial charge in [-0.3, -0.25) is 9.12 Å². The highest BCUT2D eigenvalue weighted by Gasteiger charge is 2.26. The van der Waals surface area contributed by atoms with Crippen molar-refractivity contribution >= 4 is 54.4 Å². The van der Waals surface area contributed by atoms with E-state index in [9.17, 15) is 8.42 Å². The lowest BCUT2D eigenvalue weighted by molar-refractivity contribution is 0.596. The lowest BCUT2D eigenvalue weighted by Gasteiger charge is -2.03. The summed E-state index contributed by atoms with van der Waals surface area (Å²) in [5.74, 6) is 0. The number of anilines is 1. The first-order chi connectivity index (χ1) is 8.97. The molecule has 0 bridgehead atoms. The molecule has 3 aromatic rings. The van der Waals surface area contributed by atoms with Gasteiger partial charge in [-0.05, 0) is 6.92 Å². The van der Waals surface area contributed by atoms with Gasteiger partial charge in [0.05, 0.1) is 0 Å². The molecule has 0 aliphatic heterocycles. The zero-order chi connectivity index (χ0) is 13.6. The molecular formula is C8H6ClN5O2S3.